The first-order valence-electron chi connectivity index (χ1n) is 7.63. The van der Waals surface area contributed by atoms with E-state index in [1.807, 2.05) is 25.3 Å². The lowest BCUT2D eigenvalue weighted by atomic mass is 10.1. The van der Waals surface area contributed by atoms with Gasteiger partial charge in [0.05, 0.1) is 6.20 Å². The highest BCUT2D eigenvalue weighted by atomic mass is 79.9. The van der Waals surface area contributed by atoms with Gasteiger partial charge < -0.3 is 9.30 Å². The van der Waals surface area contributed by atoms with Gasteiger partial charge >= 0.3 is 0 Å². The highest BCUT2D eigenvalue weighted by Crippen LogP contribution is 2.32. The molecule has 6 nitrogen and oxygen atoms in total. The van der Waals surface area contributed by atoms with Crippen LogP contribution < -0.4 is 0 Å². The smallest absolute Gasteiger partial charge is 0.164 e. The normalized spacial score (nSPS) is 16.1. The minimum Gasteiger partial charge on any atom is -0.381 e. The lowest BCUT2D eigenvalue weighted by Gasteiger charge is -2.25. The van der Waals surface area contributed by atoms with Crippen molar-refractivity contribution in [2.75, 3.05) is 13.2 Å². The first kappa shape index (κ1) is 14.7. The minimum atomic E-state index is 0.335. The highest BCUT2D eigenvalue weighted by molar-refractivity contribution is 9.10. The molecule has 0 amide bonds. The Morgan fingerprint density at radius 1 is 1.13 bits per heavy atom. The largest absolute Gasteiger partial charge is 0.381 e. The van der Waals surface area contributed by atoms with E-state index >= 15 is 0 Å². The molecule has 1 aliphatic heterocycles. The van der Waals surface area contributed by atoms with Crippen molar-refractivity contribution in [3.8, 4) is 11.4 Å². The summed E-state index contributed by atoms with van der Waals surface area (Å²) in [5, 5.41) is 0. The standard InChI is InChI=1S/C16H16BrN5O/c1-10-18-9-13-16(20-10)22(12-4-6-23-7-5-12)15(21-13)11-2-3-14(17)19-8-11/h2-3,8-9,12H,4-7H2,1H3. The van der Waals surface area contributed by atoms with Crippen LogP contribution in [0, 0.1) is 6.92 Å². The van der Waals surface area contributed by atoms with Crippen LogP contribution in [0.3, 0.4) is 0 Å². The number of nitrogens with zero attached hydrogens (tertiary/aromatic N) is 5. The van der Waals surface area contributed by atoms with E-state index in [0.717, 1.165) is 59.0 Å². The number of aryl methyl sites for hydroxylation is 1. The molecular formula is C16H16BrN5O. The summed E-state index contributed by atoms with van der Waals surface area (Å²) >= 11 is 3.38. The molecule has 7 heteroatoms. The second kappa shape index (κ2) is 5.98. The Hall–Kier alpha value is -1.86. The lowest BCUT2D eigenvalue weighted by molar-refractivity contribution is 0.0708. The third-order valence-corrected chi connectivity index (χ3v) is 4.56. The van der Waals surface area contributed by atoms with Crippen LogP contribution in [0.1, 0.15) is 24.7 Å². The van der Waals surface area contributed by atoms with Crippen LogP contribution in [0.15, 0.2) is 29.1 Å². The SMILES string of the molecule is Cc1ncc2nc(-c3ccc(Br)nc3)n(C3CCOCC3)c2n1. The molecule has 0 radical (unpaired) electrons. The van der Waals surface area contributed by atoms with Gasteiger partial charge in [-0.25, -0.2) is 19.9 Å². The van der Waals surface area contributed by atoms with Crippen LogP contribution in [0.4, 0.5) is 0 Å². The third-order valence-electron chi connectivity index (χ3n) is 4.09. The van der Waals surface area contributed by atoms with Crippen LogP contribution in [-0.2, 0) is 4.74 Å². The Morgan fingerprint density at radius 2 is 1.96 bits per heavy atom. The number of pyridine rings is 1. The highest BCUT2D eigenvalue weighted by Gasteiger charge is 2.23. The number of imidazole rings is 1. The van der Waals surface area contributed by atoms with Gasteiger partial charge in [0.15, 0.2) is 5.65 Å². The Kier molecular flexibility index (Phi) is 3.82. The van der Waals surface area contributed by atoms with Crippen molar-refractivity contribution in [1.29, 1.82) is 0 Å². The van der Waals surface area contributed by atoms with Crippen molar-refractivity contribution in [3.05, 3.63) is 35.0 Å². The molecule has 1 fully saturated rings. The molecule has 0 atom stereocenters. The zero-order valence-electron chi connectivity index (χ0n) is 12.7. The van der Waals surface area contributed by atoms with Gasteiger partial charge in [0.25, 0.3) is 0 Å². The second-order valence-electron chi connectivity index (χ2n) is 5.64. The zero-order chi connectivity index (χ0) is 15.8. The van der Waals surface area contributed by atoms with Gasteiger partial charge in [-0.05, 0) is 47.8 Å². The maximum atomic E-state index is 5.51. The maximum Gasteiger partial charge on any atom is 0.164 e. The predicted molar refractivity (Wildman–Crippen MR) is 90.1 cm³/mol. The summed E-state index contributed by atoms with van der Waals surface area (Å²) in [4.78, 5) is 18.0. The topological polar surface area (TPSA) is 65.7 Å². The van der Waals surface area contributed by atoms with Crippen LogP contribution in [-0.4, -0.2) is 37.7 Å². The Bertz CT molecular complexity index is 840. The fourth-order valence-electron chi connectivity index (χ4n) is 2.98. The first-order chi connectivity index (χ1) is 11.2. The molecule has 0 spiro atoms. The fraction of sp³-hybridized carbons (Fsp3) is 0.375. The number of ether oxygens (including phenoxy) is 1. The number of halogens is 1. The number of hydrogen-bond acceptors (Lipinski definition) is 5. The lowest BCUT2D eigenvalue weighted by Crippen LogP contribution is -2.20. The van der Waals surface area contributed by atoms with Gasteiger partial charge in [-0.15, -0.1) is 0 Å². The van der Waals surface area contributed by atoms with Crippen molar-refractivity contribution in [3.63, 3.8) is 0 Å². The molecule has 1 aliphatic rings. The van der Waals surface area contributed by atoms with Gasteiger partial charge in [-0.3, -0.25) is 0 Å². The third kappa shape index (κ3) is 2.74. The number of rotatable bonds is 2. The summed E-state index contributed by atoms with van der Waals surface area (Å²) in [6, 6.07) is 4.29. The van der Waals surface area contributed by atoms with E-state index < -0.39 is 0 Å². The summed E-state index contributed by atoms with van der Waals surface area (Å²) in [6.07, 6.45) is 5.56. The van der Waals surface area contributed by atoms with E-state index in [2.05, 4.69) is 35.4 Å². The van der Waals surface area contributed by atoms with Crippen molar-refractivity contribution >= 4 is 27.1 Å². The second-order valence-corrected chi connectivity index (χ2v) is 6.46. The monoisotopic (exact) mass is 373 g/mol. The molecule has 0 saturated carbocycles. The molecule has 0 N–H and O–H groups in total. The van der Waals surface area contributed by atoms with Crippen molar-refractivity contribution in [2.24, 2.45) is 0 Å². The molecule has 4 rings (SSSR count). The quantitative estimate of drug-likeness (QED) is 0.644. The zero-order valence-corrected chi connectivity index (χ0v) is 14.3. The molecule has 0 unspecified atom stereocenters. The molecule has 0 bridgehead atoms. The van der Waals surface area contributed by atoms with E-state index in [1.165, 1.54) is 0 Å². The summed E-state index contributed by atoms with van der Waals surface area (Å²) in [5.74, 6) is 1.65. The van der Waals surface area contributed by atoms with Gasteiger partial charge in [0.2, 0.25) is 0 Å². The molecule has 4 heterocycles. The van der Waals surface area contributed by atoms with Crippen molar-refractivity contribution in [1.82, 2.24) is 24.5 Å². The Morgan fingerprint density at radius 3 is 2.70 bits per heavy atom. The van der Waals surface area contributed by atoms with Gasteiger partial charge in [0.1, 0.15) is 21.8 Å². The van der Waals surface area contributed by atoms with E-state index in [4.69, 9.17) is 9.72 Å². The number of fused-ring (bicyclic) bond motifs is 1. The predicted octanol–water partition coefficient (Wildman–Crippen LogP) is 3.31. The maximum absolute atomic E-state index is 5.51. The average Bonchev–Trinajstić information content (AvgIpc) is 2.95. The molecule has 118 valence electrons. The van der Waals surface area contributed by atoms with Crippen molar-refractivity contribution in [2.45, 2.75) is 25.8 Å². The van der Waals surface area contributed by atoms with Crippen LogP contribution in [0.25, 0.3) is 22.6 Å². The van der Waals surface area contributed by atoms with E-state index in [-0.39, 0.29) is 0 Å². The van der Waals surface area contributed by atoms with Gasteiger partial charge in [-0.2, -0.15) is 0 Å². The Labute approximate surface area is 142 Å². The molecule has 3 aromatic rings. The van der Waals surface area contributed by atoms with Crippen LogP contribution >= 0.6 is 15.9 Å². The molecular weight excluding hydrogens is 358 g/mol. The van der Waals surface area contributed by atoms with Gasteiger partial charge in [-0.1, -0.05) is 0 Å². The van der Waals surface area contributed by atoms with Crippen molar-refractivity contribution < 1.29 is 4.74 Å². The van der Waals surface area contributed by atoms with Crippen LogP contribution in [0.2, 0.25) is 0 Å². The van der Waals surface area contributed by atoms with E-state index in [0.29, 0.717) is 6.04 Å². The summed E-state index contributed by atoms with van der Waals surface area (Å²) in [5.41, 5.74) is 2.69. The summed E-state index contributed by atoms with van der Waals surface area (Å²) in [7, 11) is 0. The molecule has 3 aromatic heterocycles. The fourth-order valence-corrected chi connectivity index (χ4v) is 3.21. The minimum absolute atomic E-state index is 0.335. The molecule has 1 saturated heterocycles. The average molecular weight is 374 g/mol. The Balaban J connectivity index is 1.93. The molecule has 23 heavy (non-hydrogen) atoms. The molecule has 0 aromatic carbocycles. The van der Waals surface area contributed by atoms with E-state index in [9.17, 15) is 0 Å². The van der Waals surface area contributed by atoms with Crippen LogP contribution in [0.5, 0.6) is 0 Å². The van der Waals surface area contributed by atoms with Gasteiger partial charge in [0, 0.05) is 31.0 Å². The first-order valence-corrected chi connectivity index (χ1v) is 8.43. The summed E-state index contributed by atoms with van der Waals surface area (Å²) in [6.45, 7) is 3.44. The number of aromatic nitrogens is 5. The summed E-state index contributed by atoms with van der Waals surface area (Å²) < 4.78 is 8.55. The number of hydrogen-bond donors (Lipinski definition) is 0. The van der Waals surface area contributed by atoms with E-state index in [1.54, 1.807) is 6.20 Å². The molecule has 0 aliphatic carbocycles.